The Morgan fingerprint density at radius 2 is 1.33 bits per heavy atom. The molecule has 2 nitrogen and oxygen atoms in total. The van der Waals surface area contributed by atoms with E-state index < -0.39 is 0 Å². The number of unbranched alkanes of at least 4 members (excludes halogenated alkanes) is 3. The van der Waals surface area contributed by atoms with Gasteiger partial charge in [-0.2, -0.15) is 0 Å². The maximum atomic E-state index is 6.21. The van der Waals surface area contributed by atoms with Gasteiger partial charge >= 0.3 is 0 Å². The van der Waals surface area contributed by atoms with E-state index in [4.69, 9.17) is 5.73 Å². The lowest BCUT2D eigenvalue weighted by Gasteiger charge is -2.28. The van der Waals surface area contributed by atoms with Crippen molar-refractivity contribution >= 4 is 0 Å². The van der Waals surface area contributed by atoms with E-state index in [1.54, 1.807) is 0 Å². The molecule has 0 aliphatic rings. The van der Waals surface area contributed by atoms with Crippen LogP contribution >= 0.6 is 0 Å². The molecule has 0 amide bonds. The van der Waals surface area contributed by atoms with Gasteiger partial charge in [0.2, 0.25) is 0 Å². The molecule has 15 heavy (non-hydrogen) atoms. The maximum absolute atomic E-state index is 6.21. The standard InChI is InChI=1S/C13H30N2/c1-4-7-10-13(14)15(11-8-5-2)12-9-6-3/h13H,4-12,14H2,1-3H3. The summed E-state index contributed by atoms with van der Waals surface area (Å²) in [6.45, 7) is 9.09. The Hall–Kier alpha value is -0.0800. The summed E-state index contributed by atoms with van der Waals surface area (Å²) in [5, 5.41) is 0. The molecule has 0 heterocycles. The van der Waals surface area contributed by atoms with Crippen LogP contribution in [0, 0.1) is 0 Å². The van der Waals surface area contributed by atoms with Crippen molar-refractivity contribution in [1.29, 1.82) is 0 Å². The van der Waals surface area contributed by atoms with Crippen molar-refractivity contribution < 1.29 is 0 Å². The summed E-state index contributed by atoms with van der Waals surface area (Å²) in [6, 6.07) is 0. The monoisotopic (exact) mass is 214 g/mol. The highest BCUT2D eigenvalue weighted by Crippen LogP contribution is 2.07. The van der Waals surface area contributed by atoms with Gasteiger partial charge in [0.05, 0.1) is 6.17 Å². The van der Waals surface area contributed by atoms with E-state index in [0.717, 1.165) is 6.42 Å². The van der Waals surface area contributed by atoms with Gasteiger partial charge < -0.3 is 5.73 Å². The summed E-state index contributed by atoms with van der Waals surface area (Å²) >= 11 is 0. The van der Waals surface area contributed by atoms with E-state index in [9.17, 15) is 0 Å². The molecule has 1 atom stereocenters. The third-order valence-electron chi connectivity index (χ3n) is 2.92. The van der Waals surface area contributed by atoms with Gasteiger partial charge in [0.15, 0.2) is 0 Å². The molecule has 1 unspecified atom stereocenters. The smallest absolute Gasteiger partial charge is 0.0571 e. The van der Waals surface area contributed by atoms with E-state index in [2.05, 4.69) is 25.7 Å². The first-order valence-electron chi connectivity index (χ1n) is 6.75. The molecule has 0 radical (unpaired) electrons. The molecular formula is C13H30N2. The molecule has 0 saturated heterocycles. The highest BCUT2D eigenvalue weighted by Gasteiger charge is 2.12. The molecule has 2 heteroatoms. The van der Waals surface area contributed by atoms with Crippen LogP contribution in [0.4, 0.5) is 0 Å². The second kappa shape index (κ2) is 10.4. The zero-order valence-electron chi connectivity index (χ0n) is 11.0. The Labute approximate surface area is 96.2 Å². The SMILES string of the molecule is CCCCC(N)N(CCCC)CCCC. The van der Waals surface area contributed by atoms with E-state index in [-0.39, 0.29) is 0 Å². The number of rotatable bonds is 10. The number of hydrogen-bond donors (Lipinski definition) is 1. The average molecular weight is 214 g/mol. The van der Waals surface area contributed by atoms with Crippen LogP contribution < -0.4 is 5.73 Å². The molecule has 92 valence electrons. The van der Waals surface area contributed by atoms with Crippen LogP contribution in [0.25, 0.3) is 0 Å². The fourth-order valence-corrected chi connectivity index (χ4v) is 1.76. The van der Waals surface area contributed by atoms with Crippen LogP contribution in [0.5, 0.6) is 0 Å². The lowest BCUT2D eigenvalue weighted by molar-refractivity contribution is 0.182. The van der Waals surface area contributed by atoms with Crippen LogP contribution in [0.15, 0.2) is 0 Å². The topological polar surface area (TPSA) is 29.3 Å². The third kappa shape index (κ3) is 7.80. The van der Waals surface area contributed by atoms with Gasteiger partial charge in [-0.1, -0.05) is 46.5 Å². The van der Waals surface area contributed by atoms with Crippen molar-refractivity contribution in [2.45, 2.75) is 71.9 Å². The predicted octanol–water partition coefficient (Wildman–Crippen LogP) is 3.36. The minimum atomic E-state index is 0.294. The fourth-order valence-electron chi connectivity index (χ4n) is 1.76. The molecular weight excluding hydrogens is 184 g/mol. The van der Waals surface area contributed by atoms with Crippen molar-refractivity contribution in [1.82, 2.24) is 4.90 Å². The molecule has 0 aromatic carbocycles. The Bertz CT molecular complexity index is 118. The second-order valence-corrected chi connectivity index (χ2v) is 4.45. The molecule has 0 aliphatic heterocycles. The van der Waals surface area contributed by atoms with Crippen LogP contribution in [0.2, 0.25) is 0 Å². The van der Waals surface area contributed by atoms with Gasteiger partial charge in [-0.3, -0.25) is 4.90 Å². The molecule has 0 bridgehead atoms. The molecule has 0 aliphatic carbocycles. The van der Waals surface area contributed by atoms with Gasteiger partial charge in [0.1, 0.15) is 0 Å². The lowest BCUT2D eigenvalue weighted by Crippen LogP contribution is -2.43. The molecule has 0 fully saturated rings. The average Bonchev–Trinajstić information content (AvgIpc) is 2.26. The Morgan fingerprint density at radius 3 is 1.73 bits per heavy atom. The highest BCUT2D eigenvalue weighted by molar-refractivity contribution is 4.66. The molecule has 0 aromatic rings. The summed E-state index contributed by atoms with van der Waals surface area (Å²) in [4.78, 5) is 2.47. The van der Waals surface area contributed by atoms with Crippen LogP contribution in [0.1, 0.15) is 65.7 Å². The minimum absolute atomic E-state index is 0.294. The van der Waals surface area contributed by atoms with E-state index >= 15 is 0 Å². The molecule has 0 saturated carbocycles. The van der Waals surface area contributed by atoms with E-state index in [1.165, 1.54) is 51.6 Å². The Kier molecular flexibility index (Phi) is 10.4. The van der Waals surface area contributed by atoms with Crippen molar-refractivity contribution in [3.8, 4) is 0 Å². The molecule has 0 aromatic heterocycles. The van der Waals surface area contributed by atoms with Gasteiger partial charge in [-0.05, 0) is 32.4 Å². The summed E-state index contributed by atoms with van der Waals surface area (Å²) < 4.78 is 0. The fraction of sp³-hybridized carbons (Fsp3) is 1.00. The molecule has 0 rings (SSSR count). The van der Waals surface area contributed by atoms with Gasteiger partial charge in [-0.15, -0.1) is 0 Å². The zero-order chi connectivity index (χ0) is 11.5. The largest absolute Gasteiger partial charge is 0.316 e. The van der Waals surface area contributed by atoms with Crippen molar-refractivity contribution in [2.75, 3.05) is 13.1 Å². The highest BCUT2D eigenvalue weighted by atomic mass is 15.2. The van der Waals surface area contributed by atoms with Gasteiger partial charge in [-0.25, -0.2) is 0 Å². The quantitative estimate of drug-likeness (QED) is 0.565. The molecule has 0 spiro atoms. The minimum Gasteiger partial charge on any atom is -0.316 e. The number of hydrogen-bond acceptors (Lipinski definition) is 2. The van der Waals surface area contributed by atoms with Crippen molar-refractivity contribution in [3.63, 3.8) is 0 Å². The summed E-state index contributed by atoms with van der Waals surface area (Å²) in [6.07, 6.45) is 9.06. The Morgan fingerprint density at radius 1 is 0.867 bits per heavy atom. The van der Waals surface area contributed by atoms with Gasteiger partial charge in [0, 0.05) is 0 Å². The summed E-state index contributed by atoms with van der Waals surface area (Å²) in [5.41, 5.74) is 6.21. The van der Waals surface area contributed by atoms with E-state index in [0.29, 0.717) is 6.17 Å². The first-order valence-corrected chi connectivity index (χ1v) is 6.75. The van der Waals surface area contributed by atoms with Crippen LogP contribution in [-0.4, -0.2) is 24.2 Å². The predicted molar refractivity (Wildman–Crippen MR) is 68.9 cm³/mol. The van der Waals surface area contributed by atoms with Crippen molar-refractivity contribution in [3.05, 3.63) is 0 Å². The van der Waals surface area contributed by atoms with Crippen LogP contribution in [-0.2, 0) is 0 Å². The zero-order valence-corrected chi connectivity index (χ0v) is 11.0. The first-order chi connectivity index (χ1) is 7.26. The van der Waals surface area contributed by atoms with Crippen LogP contribution in [0.3, 0.4) is 0 Å². The normalized spacial score (nSPS) is 13.4. The maximum Gasteiger partial charge on any atom is 0.0571 e. The number of nitrogens with zero attached hydrogens (tertiary/aromatic N) is 1. The Balaban J connectivity index is 3.84. The third-order valence-corrected chi connectivity index (χ3v) is 2.92. The summed E-state index contributed by atoms with van der Waals surface area (Å²) in [7, 11) is 0. The summed E-state index contributed by atoms with van der Waals surface area (Å²) in [5.74, 6) is 0. The van der Waals surface area contributed by atoms with E-state index in [1.807, 2.05) is 0 Å². The molecule has 2 N–H and O–H groups in total. The number of nitrogens with two attached hydrogens (primary N) is 1. The van der Waals surface area contributed by atoms with Gasteiger partial charge in [0.25, 0.3) is 0 Å². The lowest BCUT2D eigenvalue weighted by atomic mass is 10.1. The first kappa shape index (κ1) is 14.9. The van der Waals surface area contributed by atoms with Crippen molar-refractivity contribution in [2.24, 2.45) is 5.73 Å². The second-order valence-electron chi connectivity index (χ2n) is 4.45.